The van der Waals surface area contributed by atoms with E-state index in [0.29, 0.717) is 13.0 Å². The van der Waals surface area contributed by atoms with Crippen LogP contribution in [-0.4, -0.2) is 17.0 Å². The molecular formula is C27H28N2O2. The summed E-state index contributed by atoms with van der Waals surface area (Å²) in [5.74, 6) is 1.56. The molecule has 4 aromatic rings. The zero-order valence-electron chi connectivity index (χ0n) is 18.0. The molecule has 1 aromatic heterocycles. The Balaban J connectivity index is 1.72. The molecule has 4 rings (SSSR count). The number of hydrogen-bond donors (Lipinski definition) is 1. The highest BCUT2D eigenvalue weighted by Gasteiger charge is 2.22. The lowest BCUT2D eigenvalue weighted by Gasteiger charge is -2.18. The first-order valence-electron chi connectivity index (χ1n) is 10.8. The van der Waals surface area contributed by atoms with Crippen LogP contribution in [0.15, 0.2) is 85.1 Å². The van der Waals surface area contributed by atoms with Crippen molar-refractivity contribution in [2.24, 2.45) is 7.05 Å². The highest BCUT2D eigenvalue weighted by Crippen LogP contribution is 2.36. The normalized spacial score (nSPS) is 11.9. The van der Waals surface area contributed by atoms with E-state index >= 15 is 0 Å². The number of fused-ring (bicyclic) bond motifs is 1. The topological polar surface area (TPSA) is 43.3 Å². The van der Waals surface area contributed by atoms with Gasteiger partial charge in [-0.2, -0.15) is 0 Å². The summed E-state index contributed by atoms with van der Waals surface area (Å²) in [4.78, 5) is 12.7. The van der Waals surface area contributed by atoms with Crippen molar-refractivity contribution >= 4 is 16.8 Å². The number of rotatable bonds is 8. The fourth-order valence-electron chi connectivity index (χ4n) is 4.00. The number of nitrogens with zero attached hydrogens (tertiary/aromatic N) is 1. The van der Waals surface area contributed by atoms with Gasteiger partial charge in [-0.25, -0.2) is 0 Å². The summed E-state index contributed by atoms with van der Waals surface area (Å²) in [6, 6.07) is 26.2. The molecule has 0 bridgehead atoms. The number of hydrogen-bond acceptors (Lipinski definition) is 2. The van der Waals surface area contributed by atoms with Crippen LogP contribution in [0.4, 0.5) is 0 Å². The van der Waals surface area contributed by atoms with E-state index in [-0.39, 0.29) is 11.8 Å². The summed E-state index contributed by atoms with van der Waals surface area (Å²) in [6.45, 7) is 2.76. The number of para-hydroxylation sites is 2. The van der Waals surface area contributed by atoms with Crippen molar-refractivity contribution in [1.82, 2.24) is 9.88 Å². The summed E-state index contributed by atoms with van der Waals surface area (Å²) in [6.07, 6.45) is 3.46. The molecule has 158 valence electrons. The average molecular weight is 413 g/mol. The van der Waals surface area contributed by atoms with Gasteiger partial charge in [-0.05, 0) is 47.9 Å². The van der Waals surface area contributed by atoms with Gasteiger partial charge in [-0.3, -0.25) is 4.79 Å². The first-order chi connectivity index (χ1) is 15.2. The lowest BCUT2D eigenvalue weighted by molar-refractivity contribution is -0.121. The maximum atomic E-state index is 12.7. The average Bonchev–Trinajstić information content (AvgIpc) is 3.13. The number of benzene rings is 3. The summed E-state index contributed by atoms with van der Waals surface area (Å²) in [7, 11) is 2.05. The van der Waals surface area contributed by atoms with E-state index in [1.165, 1.54) is 5.39 Å². The molecule has 0 aliphatic carbocycles. The molecule has 31 heavy (non-hydrogen) atoms. The maximum Gasteiger partial charge on any atom is 0.220 e. The fraction of sp³-hybridized carbons (Fsp3) is 0.222. The first kappa shape index (κ1) is 20.7. The number of carbonyl (C=O) groups excluding carboxylic acids is 1. The molecule has 1 amide bonds. The molecule has 0 aliphatic heterocycles. The Morgan fingerprint density at radius 2 is 1.71 bits per heavy atom. The van der Waals surface area contributed by atoms with Gasteiger partial charge >= 0.3 is 0 Å². The molecule has 0 aliphatic rings. The van der Waals surface area contributed by atoms with Crippen molar-refractivity contribution in [1.29, 1.82) is 0 Å². The van der Waals surface area contributed by atoms with Crippen LogP contribution in [0, 0.1) is 0 Å². The smallest absolute Gasteiger partial charge is 0.220 e. The molecule has 0 spiro atoms. The van der Waals surface area contributed by atoms with Crippen LogP contribution in [0.2, 0.25) is 0 Å². The molecule has 0 saturated heterocycles. The second kappa shape index (κ2) is 9.52. The van der Waals surface area contributed by atoms with E-state index in [9.17, 15) is 4.79 Å². The molecule has 0 saturated carbocycles. The minimum Gasteiger partial charge on any atom is -0.457 e. The second-order valence-corrected chi connectivity index (χ2v) is 7.81. The number of aryl methyl sites for hydroxylation is 1. The Labute approximate surface area is 183 Å². The second-order valence-electron chi connectivity index (χ2n) is 7.81. The highest BCUT2D eigenvalue weighted by atomic mass is 16.5. The van der Waals surface area contributed by atoms with Crippen molar-refractivity contribution < 1.29 is 9.53 Å². The minimum atomic E-state index is -0.0673. The standard InChI is InChI=1S/C27H28N2O2/c1-3-16-28-27(30)18-24(25-19-29(2)26-15-8-7-14-23(25)26)20-10-9-13-22(17-20)31-21-11-5-4-6-12-21/h4-15,17,19,24H,3,16,18H2,1-2H3,(H,28,30). The molecule has 4 nitrogen and oxygen atoms in total. The molecule has 0 radical (unpaired) electrons. The zero-order chi connectivity index (χ0) is 21.6. The molecule has 3 aromatic carbocycles. The number of aromatic nitrogens is 1. The molecule has 1 N–H and O–H groups in total. The van der Waals surface area contributed by atoms with Crippen LogP contribution in [0.3, 0.4) is 0 Å². The van der Waals surface area contributed by atoms with E-state index < -0.39 is 0 Å². The van der Waals surface area contributed by atoms with Gasteiger partial charge in [0, 0.05) is 43.0 Å². The van der Waals surface area contributed by atoms with Gasteiger partial charge in [0.15, 0.2) is 0 Å². The monoisotopic (exact) mass is 412 g/mol. The maximum absolute atomic E-state index is 12.7. The fourth-order valence-corrected chi connectivity index (χ4v) is 4.00. The van der Waals surface area contributed by atoms with Gasteiger partial charge in [0.05, 0.1) is 0 Å². The van der Waals surface area contributed by atoms with Crippen LogP contribution >= 0.6 is 0 Å². The van der Waals surface area contributed by atoms with Gasteiger partial charge in [-0.15, -0.1) is 0 Å². The van der Waals surface area contributed by atoms with Gasteiger partial charge in [0.25, 0.3) is 0 Å². The van der Waals surface area contributed by atoms with Gasteiger partial charge in [0.1, 0.15) is 11.5 Å². The summed E-state index contributed by atoms with van der Waals surface area (Å²) < 4.78 is 8.19. The highest BCUT2D eigenvalue weighted by molar-refractivity contribution is 5.86. The summed E-state index contributed by atoms with van der Waals surface area (Å²) >= 11 is 0. The van der Waals surface area contributed by atoms with Crippen LogP contribution in [-0.2, 0) is 11.8 Å². The van der Waals surface area contributed by atoms with Gasteiger partial charge < -0.3 is 14.6 Å². The first-order valence-corrected chi connectivity index (χ1v) is 10.8. The Kier molecular flexibility index (Phi) is 6.37. The Bertz CT molecular complexity index is 1160. The number of nitrogens with one attached hydrogen (secondary N) is 1. The van der Waals surface area contributed by atoms with Crippen LogP contribution in [0.5, 0.6) is 11.5 Å². The lowest BCUT2D eigenvalue weighted by Crippen LogP contribution is -2.26. The third-order valence-corrected chi connectivity index (χ3v) is 5.50. The van der Waals surface area contributed by atoms with Gasteiger partial charge in [-0.1, -0.05) is 55.5 Å². The van der Waals surface area contributed by atoms with Crippen molar-refractivity contribution in [3.63, 3.8) is 0 Å². The predicted octanol–water partition coefficient (Wildman–Crippen LogP) is 6.02. The molecule has 1 heterocycles. The zero-order valence-corrected chi connectivity index (χ0v) is 18.0. The van der Waals surface area contributed by atoms with E-state index in [1.807, 2.05) is 54.6 Å². The minimum absolute atomic E-state index is 0.0640. The Hall–Kier alpha value is -3.53. The van der Waals surface area contributed by atoms with Crippen LogP contribution in [0.1, 0.15) is 36.8 Å². The van der Waals surface area contributed by atoms with Crippen molar-refractivity contribution in [3.05, 3.63) is 96.2 Å². The Morgan fingerprint density at radius 3 is 2.52 bits per heavy atom. The number of amides is 1. The number of carbonyl (C=O) groups is 1. The van der Waals surface area contributed by atoms with E-state index in [1.54, 1.807) is 0 Å². The molecule has 0 fully saturated rings. The third kappa shape index (κ3) is 4.80. The molecule has 1 unspecified atom stereocenters. The van der Waals surface area contributed by atoms with Crippen LogP contribution < -0.4 is 10.1 Å². The summed E-state index contributed by atoms with van der Waals surface area (Å²) in [5, 5.41) is 4.21. The lowest BCUT2D eigenvalue weighted by atomic mass is 9.88. The van der Waals surface area contributed by atoms with E-state index in [0.717, 1.165) is 34.6 Å². The molecular weight excluding hydrogens is 384 g/mol. The molecule has 1 atom stereocenters. The predicted molar refractivity (Wildman–Crippen MR) is 126 cm³/mol. The third-order valence-electron chi connectivity index (χ3n) is 5.50. The Morgan fingerprint density at radius 1 is 0.968 bits per heavy atom. The van der Waals surface area contributed by atoms with Gasteiger partial charge in [0.2, 0.25) is 5.91 Å². The number of ether oxygens (including phenoxy) is 1. The van der Waals surface area contributed by atoms with Crippen LogP contribution in [0.25, 0.3) is 10.9 Å². The van der Waals surface area contributed by atoms with E-state index in [2.05, 4.69) is 54.3 Å². The largest absolute Gasteiger partial charge is 0.457 e. The summed E-state index contributed by atoms with van der Waals surface area (Å²) in [5.41, 5.74) is 3.38. The van der Waals surface area contributed by atoms with Crippen molar-refractivity contribution in [3.8, 4) is 11.5 Å². The van der Waals surface area contributed by atoms with Crippen molar-refractivity contribution in [2.75, 3.05) is 6.54 Å². The molecule has 4 heteroatoms. The SMILES string of the molecule is CCCNC(=O)CC(c1cccc(Oc2ccccc2)c1)c1cn(C)c2ccccc12. The van der Waals surface area contributed by atoms with E-state index in [4.69, 9.17) is 4.74 Å². The quantitative estimate of drug-likeness (QED) is 0.385. The van der Waals surface area contributed by atoms with Crippen molar-refractivity contribution in [2.45, 2.75) is 25.7 Å².